The summed E-state index contributed by atoms with van der Waals surface area (Å²) in [5.41, 5.74) is 11.0. The second kappa shape index (κ2) is 5.25. The fourth-order valence-corrected chi connectivity index (χ4v) is 2.03. The molecule has 2 rings (SSSR count). The molecule has 4 heteroatoms. The molecule has 4 N–H and O–H groups in total. The molecule has 20 heavy (non-hydrogen) atoms. The number of benzene rings is 2. The lowest BCUT2D eigenvalue weighted by Crippen LogP contribution is -2.05. The molecular weight excluding hydrogens is 252 g/mol. The van der Waals surface area contributed by atoms with Crippen molar-refractivity contribution in [2.45, 2.75) is 20.8 Å². The normalized spacial score (nSPS) is 10.3. The molecule has 0 bridgehead atoms. The number of anilines is 3. The summed E-state index contributed by atoms with van der Waals surface area (Å²) in [5.74, 6) is -1.02. The fourth-order valence-electron chi connectivity index (χ4n) is 2.03. The second-order valence-corrected chi connectivity index (χ2v) is 4.98. The summed E-state index contributed by atoms with van der Waals surface area (Å²) in [5, 5.41) is 12.4. The lowest BCUT2D eigenvalue weighted by molar-refractivity contribution is 0.0698. The largest absolute Gasteiger partial charge is 0.478 e. The van der Waals surface area contributed by atoms with E-state index in [9.17, 15) is 4.79 Å². The Morgan fingerprint density at radius 1 is 1.00 bits per heavy atom. The van der Waals surface area contributed by atoms with Crippen LogP contribution in [0.5, 0.6) is 0 Å². The van der Waals surface area contributed by atoms with Gasteiger partial charge in [0.05, 0.1) is 5.56 Å². The van der Waals surface area contributed by atoms with Crippen LogP contribution < -0.4 is 11.1 Å². The summed E-state index contributed by atoms with van der Waals surface area (Å²) >= 11 is 0. The van der Waals surface area contributed by atoms with Crippen LogP contribution in [0.1, 0.15) is 27.0 Å². The number of nitrogen functional groups attached to an aromatic ring is 1. The number of hydrogen-bond donors (Lipinski definition) is 3. The maximum absolute atomic E-state index is 11.2. The van der Waals surface area contributed by atoms with Crippen molar-refractivity contribution in [3.63, 3.8) is 0 Å². The van der Waals surface area contributed by atoms with E-state index >= 15 is 0 Å². The van der Waals surface area contributed by atoms with E-state index in [4.69, 9.17) is 10.8 Å². The zero-order chi connectivity index (χ0) is 14.9. The van der Waals surface area contributed by atoms with E-state index < -0.39 is 5.97 Å². The van der Waals surface area contributed by atoms with Crippen LogP contribution in [0.15, 0.2) is 30.3 Å². The first-order chi connectivity index (χ1) is 9.38. The van der Waals surface area contributed by atoms with E-state index in [1.807, 2.05) is 31.2 Å². The molecule has 0 saturated heterocycles. The Bertz CT molecular complexity index is 678. The third-order valence-corrected chi connectivity index (χ3v) is 3.41. The van der Waals surface area contributed by atoms with Crippen LogP contribution in [-0.2, 0) is 0 Å². The first kappa shape index (κ1) is 13.9. The summed E-state index contributed by atoms with van der Waals surface area (Å²) in [6.07, 6.45) is 0. The Hall–Kier alpha value is -2.49. The smallest absolute Gasteiger partial charge is 0.337 e. The summed E-state index contributed by atoms with van der Waals surface area (Å²) in [4.78, 5) is 11.2. The van der Waals surface area contributed by atoms with E-state index in [0.29, 0.717) is 5.69 Å². The molecule has 2 aromatic carbocycles. The number of hydrogen-bond acceptors (Lipinski definition) is 3. The van der Waals surface area contributed by atoms with Crippen LogP contribution >= 0.6 is 0 Å². The van der Waals surface area contributed by atoms with Crippen molar-refractivity contribution in [2.75, 3.05) is 11.1 Å². The highest BCUT2D eigenvalue weighted by Gasteiger charge is 2.11. The Morgan fingerprint density at radius 2 is 1.65 bits per heavy atom. The number of carbonyl (C=O) groups is 1. The van der Waals surface area contributed by atoms with Gasteiger partial charge in [-0.05, 0) is 61.7 Å². The van der Waals surface area contributed by atoms with Crippen molar-refractivity contribution in [1.82, 2.24) is 0 Å². The zero-order valence-corrected chi connectivity index (χ0v) is 11.8. The van der Waals surface area contributed by atoms with Gasteiger partial charge in [-0.3, -0.25) is 0 Å². The molecule has 0 saturated carbocycles. The van der Waals surface area contributed by atoms with Crippen LogP contribution in [-0.4, -0.2) is 11.1 Å². The van der Waals surface area contributed by atoms with Crippen LogP contribution in [0.25, 0.3) is 0 Å². The van der Waals surface area contributed by atoms with Crippen LogP contribution in [0.4, 0.5) is 17.1 Å². The van der Waals surface area contributed by atoms with Gasteiger partial charge < -0.3 is 16.2 Å². The lowest BCUT2D eigenvalue weighted by Gasteiger charge is -2.12. The highest BCUT2D eigenvalue weighted by Crippen LogP contribution is 2.26. The molecule has 0 radical (unpaired) electrons. The lowest BCUT2D eigenvalue weighted by atomic mass is 10.1. The van der Waals surface area contributed by atoms with Gasteiger partial charge in [-0.2, -0.15) is 0 Å². The summed E-state index contributed by atoms with van der Waals surface area (Å²) in [6, 6.07) is 9.42. The zero-order valence-electron chi connectivity index (χ0n) is 11.8. The Labute approximate surface area is 118 Å². The Kier molecular flexibility index (Phi) is 3.66. The minimum atomic E-state index is -1.02. The van der Waals surface area contributed by atoms with Gasteiger partial charge in [0, 0.05) is 17.1 Å². The van der Waals surface area contributed by atoms with Gasteiger partial charge in [-0.25, -0.2) is 4.79 Å². The number of rotatable bonds is 3. The number of aromatic carboxylic acids is 1. The van der Waals surface area contributed by atoms with Gasteiger partial charge in [0.1, 0.15) is 0 Å². The van der Waals surface area contributed by atoms with Crippen molar-refractivity contribution in [2.24, 2.45) is 0 Å². The molecule has 0 aliphatic heterocycles. The maximum Gasteiger partial charge on any atom is 0.337 e. The third-order valence-electron chi connectivity index (χ3n) is 3.41. The molecule has 2 aromatic rings. The van der Waals surface area contributed by atoms with Crippen LogP contribution in [0.2, 0.25) is 0 Å². The van der Waals surface area contributed by atoms with E-state index in [0.717, 1.165) is 16.9 Å². The van der Waals surface area contributed by atoms with Crippen molar-refractivity contribution in [1.29, 1.82) is 0 Å². The quantitative estimate of drug-likeness (QED) is 0.744. The molecule has 0 heterocycles. The molecule has 0 spiro atoms. The van der Waals surface area contributed by atoms with E-state index in [1.165, 1.54) is 11.1 Å². The van der Waals surface area contributed by atoms with Crippen molar-refractivity contribution in [3.05, 3.63) is 52.6 Å². The Morgan fingerprint density at radius 3 is 2.25 bits per heavy atom. The summed E-state index contributed by atoms with van der Waals surface area (Å²) in [7, 11) is 0. The molecule has 0 atom stereocenters. The van der Waals surface area contributed by atoms with E-state index in [1.54, 1.807) is 13.0 Å². The first-order valence-corrected chi connectivity index (χ1v) is 6.36. The van der Waals surface area contributed by atoms with E-state index in [2.05, 4.69) is 12.2 Å². The summed E-state index contributed by atoms with van der Waals surface area (Å²) < 4.78 is 0. The number of carboxylic acid groups (broad SMARTS) is 1. The van der Waals surface area contributed by atoms with Gasteiger partial charge in [0.15, 0.2) is 0 Å². The molecule has 0 fully saturated rings. The number of nitrogens with two attached hydrogens (primary N) is 1. The maximum atomic E-state index is 11.2. The first-order valence-electron chi connectivity index (χ1n) is 6.36. The summed E-state index contributed by atoms with van der Waals surface area (Å²) in [6.45, 7) is 5.89. The van der Waals surface area contributed by atoms with Gasteiger partial charge in [0.25, 0.3) is 0 Å². The molecule has 0 aromatic heterocycles. The second-order valence-electron chi connectivity index (χ2n) is 4.98. The molecule has 4 nitrogen and oxygen atoms in total. The third kappa shape index (κ3) is 2.74. The van der Waals surface area contributed by atoms with Gasteiger partial charge in [-0.1, -0.05) is 6.07 Å². The molecule has 0 aliphatic carbocycles. The molecular formula is C16H18N2O2. The average molecular weight is 270 g/mol. The van der Waals surface area contributed by atoms with Crippen molar-refractivity contribution in [3.8, 4) is 0 Å². The van der Waals surface area contributed by atoms with E-state index in [-0.39, 0.29) is 5.56 Å². The minimum Gasteiger partial charge on any atom is -0.478 e. The van der Waals surface area contributed by atoms with Gasteiger partial charge in [0.2, 0.25) is 0 Å². The highest BCUT2D eigenvalue weighted by atomic mass is 16.4. The molecule has 0 unspecified atom stereocenters. The predicted octanol–water partition coefficient (Wildman–Crippen LogP) is 3.64. The standard InChI is InChI=1S/C16H18N2O2/c1-9-4-5-12(6-10(9)2)18-13-7-11(3)15(17)14(8-13)16(19)20/h4-8,18H,17H2,1-3H3,(H,19,20). The Balaban J connectivity index is 2.38. The molecule has 0 amide bonds. The molecule has 0 aliphatic rings. The highest BCUT2D eigenvalue weighted by molar-refractivity contribution is 5.96. The van der Waals surface area contributed by atoms with Crippen LogP contribution in [0.3, 0.4) is 0 Å². The van der Waals surface area contributed by atoms with Gasteiger partial charge >= 0.3 is 5.97 Å². The number of nitrogens with one attached hydrogen (secondary N) is 1. The topological polar surface area (TPSA) is 75.3 Å². The molecule has 104 valence electrons. The monoisotopic (exact) mass is 270 g/mol. The van der Waals surface area contributed by atoms with Crippen molar-refractivity contribution >= 4 is 23.0 Å². The number of aryl methyl sites for hydroxylation is 3. The number of carboxylic acids is 1. The SMILES string of the molecule is Cc1ccc(Nc2cc(C)c(N)c(C(=O)O)c2)cc1C. The van der Waals surface area contributed by atoms with Gasteiger partial charge in [-0.15, -0.1) is 0 Å². The minimum absolute atomic E-state index is 0.122. The van der Waals surface area contributed by atoms with Crippen molar-refractivity contribution < 1.29 is 9.90 Å². The van der Waals surface area contributed by atoms with Crippen LogP contribution in [0, 0.1) is 20.8 Å². The fraction of sp³-hybridized carbons (Fsp3) is 0.188. The average Bonchev–Trinajstić information content (AvgIpc) is 2.37. The predicted molar refractivity (Wildman–Crippen MR) is 81.7 cm³/mol.